The van der Waals surface area contributed by atoms with Crippen molar-refractivity contribution in [3.05, 3.63) is 18.7 Å². The second kappa shape index (κ2) is 5.23. The number of nitrogen functional groups attached to an aromatic ring is 1. The zero-order chi connectivity index (χ0) is 15.8. The van der Waals surface area contributed by atoms with Gasteiger partial charge < -0.3 is 10.2 Å². The van der Waals surface area contributed by atoms with E-state index >= 15 is 0 Å². The van der Waals surface area contributed by atoms with Crippen molar-refractivity contribution < 1.29 is 4.43 Å². The van der Waals surface area contributed by atoms with E-state index in [1.807, 2.05) is 4.57 Å². The van der Waals surface area contributed by atoms with Crippen LogP contribution in [-0.2, 0) is 11.2 Å². The van der Waals surface area contributed by atoms with Crippen LogP contribution < -0.4 is 5.73 Å². The summed E-state index contributed by atoms with van der Waals surface area (Å²) in [6.07, 6.45) is 3.12. The van der Waals surface area contributed by atoms with Gasteiger partial charge in [0.15, 0.2) is 25.3 Å². The Morgan fingerprint density at radius 1 is 1.38 bits per heavy atom. The summed E-state index contributed by atoms with van der Waals surface area (Å²) in [6, 6.07) is 0. The molecule has 114 valence electrons. The molecule has 0 amide bonds. The molecule has 0 spiro atoms. The van der Waals surface area contributed by atoms with Crippen molar-refractivity contribution in [2.75, 3.05) is 5.73 Å². The molecule has 0 saturated carbocycles. The normalized spacial score (nSPS) is 12.8. The van der Waals surface area contributed by atoms with Gasteiger partial charge in [-0.1, -0.05) is 27.4 Å². The lowest BCUT2D eigenvalue weighted by Crippen LogP contribution is -2.41. The topological polar surface area (TPSA) is 78.9 Å². The predicted octanol–water partition coefficient (Wildman–Crippen LogP) is 3.03. The molecule has 0 saturated heterocycles. The van der Waals surface area contributed by atoms with Gasteiger partial charge in [0.25, 0.3) is 0 Å². The number of nitrogens with two attached hydrogens (primary N) is 1. The van der Waals surface area contributed by atoms with Crippen LogP contribution in [0.1, 0.15) is 26.6 Å². The van der Waals surface area contributed by atoms with Gasteiger partial charge in [0.2, 0.25) is 0 Å². The number of hydrogen-bond donors (Lipinski definition) is 1. The fourth-order valence-electron chi connectivity index (χ4n) is 1.70. The van der Waals surface area contributed by atoms with Crippen LogP contribution in [-0.4, -0.2) is 27.8 Å². The van der Waals surface area contributed by atoms with E-state index in [0.717, 1.165) is 0 Å². The number of imidazole rings is 1. The summed E-state index contributed by atoms with van der Waals surface area (Å²) in [4.78, 5) is 12.7. The number of nitrogens with zero attached hydrogens (tertiary/aromatic N) is 4. The molecule has 0 unspecified atom stereocenters. The minimum absolute atomic E-state index is 0.145. The molecule has 0 aliphatic rings. The molecule has 0 aliphatic heterocycles. The van der Waals surface area contributed by atoms with Gasteiger partial charge in [-0.15, -0.1) is 0 Å². The monoisotopic (exact) mass is 305 g/mol. The highest BCUT2D eigenvalue weighted by atomic mass is 28.4. The average Bonchev–Trinajstić information content (AvgIpc) is 2.74. The molecule has 2 aromatic rings. The lowest BCUT2D eigenvalue weighted by molar-refractivity contribution is 0.215. The van der Waals surface area contributed by atoms with Crippen LogP contribution >= 0.6 is 0 Å². The third-order valence-electron chi connectivity index (χ3n) is 4.13. The minimum atomic E-state index is -1.86. The van der Waals surface area contributed by atoms with Gasteiger partial charge in [-0.3, -0.25) is 4.57 Å². The van der Waals surface area contributed by atoms with Gasteiger partial charge in [-0.2, -0.15) is 0 Å². The van der Waals surface area contributed by atoms with Crippen molar-refractivity contribution in [1.82, 2.24) is 19.5 Å². The van der Waals surface area contributed by atoms with E-state index in [-0.39, 0.29) is 5.04 Å². The summed E-state index contributed by atoms with van der Waals surface area (Å²) in [5.41, 5.74) is 7.12. The lowest BCUT2D eigenvalue weighted by atomic mass is 10.2. The van der Waals surface area contributed by atoms with Gasteiger partial charge >= 0.3 is 0 Å². The summed E-state index contributed by atoms with van der Waals surface area (Å²) in [5, 5.41) is 0.145. The Labute approximate surface area is 126 Å². The van der Waals surface area contributed by atoms with Crippen molar-refractivity contribution in [3.63, 3.8) is 0 Å². The van der Waals surface area contributed by atoms with Crippen LogP contribution in [0.2, 0.25) is 18.1 Å². The standard InChI is InChI=1S/C14H23N5OSi/c1-7-10-18-11-12(15)16-8-17-13(11)19(10)9-20-21(5,6)14(2,3)4/h7-8H,1,9H2,2-6H3,(H2,15,16,17). The molecule has 2 heterocycles. The third-order valence-corrected chi connectivity index (χ3v) is 8.60. The Morgan fingerprint density at radius 3 is 2.62 bits per heavy atom. The van der Waals surface area contributed by atoms with Crippen LogP contribution in [0.5, 0.6) is 0 Å². The molecule has 0 radical (unpaired) electrons. The number of rotatable bonds is 4. The third kappa shape index (κ3) is 2.84. The Morgan fingerprint density at radius 2 is 2.05 bits per heavy atom. The van der Waals surface area contributed by atoms with Crippen molar-refractivity contribution in [1.29, 1.82) is 0 Å². The van der Waals surface area contributed by atoms with Crippen molar-refractivity contribution in [3.8, 4) is 0 Å². The van der Waals surface area contributed by atoms with E-state index in [1.165, 1.54) is 6.33 Å². The van der Waals surface area contributed by atoms with E-state index in [1.54, 1.807) is 6.08 Å². The van der Waals surface area contributed by atoms with E-state index in [9.17, 15) is 0 Å². The molecule has 6 nitrogen and oxygen atoms in total. The average molecular weight is 305 g/mol. The van der Waals surface area contributed by atoms with Crippen molar-refractivity contribution in [2.45, 2.75) is 45.6 Å². The Kier molecular flexibility index (Phi) is 3.90. The Bertz CT molecular complexity index is 672. The van der Waals surface area contributed by atoms with Crippen molar-refractivity contribution >= 4 is 31.4 Å². The molecule has 2 aromatic heterocycles. The summed E-state index contributed by atoms with van der Waals surface area (Å²) in [7, 11) is -1.86. The SMILES string of the molecule is C=Cc1nc2c(N)ncnc2n1CO[Si](C)(C)C(C)(C)C. The maximum Gasteiger partial charge on any atom is 0.194 e. The maximum atomic E-state index is 6.24. The quantitative estimate of drug-likeness (QED) is 0.878. The van der Waals surface area contributed by atoms with E-state index in [0.29, 0.717) is 29.5 Å². The van der Waals surface area contributed by atoms with Crippen LogP contribution in [0.4, 0.5) is 5.82 Å². The van der Waals surface area contributed by atoms with Gasteiger partial charge in [0.05, 0.1) is 0 Å². The van der Waals surface area contributed by atoms with E-state index < -0.39 is 8.32 Å². The van der Waals surface area contributed by atoms with Crippen LogP contribution in [0.15, 0.2) is 12.9 Å². The number of aromatic nitrogens is 4. The zero-order valence-corrected chi connectivity index (χ0v) is 14.3. The smallest absolute Gasteiger partial charge is 0.194 e. The molecular formula is C14H23N5OSi. The van der Waals surface area contributed by atoms with Gasteiger partial charge in [0, 0.05) is 0 Å². The summed E-state index contributed by atoms with van der Waals surface area (Å²) >= 11 is 0. The molecular weight excluding hydrogens is 282 g/mol. The largest absolute Gasteiger partial charge is 0.399 e. The van der Waals surface area contributed by atoms with Crippen molar-refractivity contribution in [2.24, 2.45) is 0 Å². The second-order valence-corrected chi connectivity index (χ2v) is 11.4. The second-order valence-electron chi connectivity index (χ2n) is 6.57. The van der Waals surface area contributed by atoms with Crippen LogP contribution in [0, 0.1) is 0 Å². The van der Waals surface area contributed by atoms with Gasteiger partial charge in [-0.05, 0) is 24.2 Å². The first kappa shape index (κ1) is 15.7. The van der Waals surface area contributed by atoms with Crippen LogP contribution in [0.3, 0.4) is 0 Å². The fraction of sp³-hybridized carbons (Fsp3) is 0.500. The number of fused-ring (bicyclic) bond motifs is 1. The Hall–Kier alpha value is -1.73. The first-order valence-electron chi connectivity index (χ1n) is 6.90. The molecule has 7 heteroatoms. The van der Waals surface area contributed by atoms with Gasteiger partial charge in [-0.25, -0.2) is 15.0 Å². The lowest BCUT2D eigenvalue weighted by Gasteiger charge is -2.36. The molecule has 2 N–H and O–H groups in total. The fourth-order valence-corrected chi connectivity index (χ4v) is 2.58. The molecule has 0 atom stereocenters. The molecule has 2 rings (SSSR count). The molecule has 21 heavy (non-hydrogen) atoms. The molecule has 0 fully saturated rings. The molecule has 0 aromatic carbocycles. The number of hydrogen-bond acceptors (Lipinski definition) is 5. The highest BCUT2D eigenvalue weighted by Gasteiger charge is 2.37. The zero-order valence-electron chi connectivity index (χ0n) is 13.3. The summed E-state index contributed by atoms with van der Waals surface area (Å²) in [5.74, 6) is 1.06. The summed E-state index contributed by atoms with van der Waals surface area (Å²) in [6.45, 7) is 15.2. The van der Waals surface area contributed by atoms with Crippen LogP contribution in [0.25, 0.3) is 17.2 Å². The highest BCUT2D eigenvalue weighted by Crippen LogP contribution is 2.37. The van der Waals surface area contributed by atoms with E-state index in [2.05, 4.69) is 55.4 Å². The first-order chi connectivity index (χ1) is 9.67. The molecule has 0 bridgehead atoms. The van der Waals surface area contributed by atoms with E-state index in [4.69, 9.17) is 10.2 Å². The first-order valence-corrected chi connectivity index (χ1v) is 9.81. The Balaban J connectivity index is 2.39. The number of anilines is 1. The predicted molar refractivity (Wildman–Crippen MR) is 88.1 cm³/mol. The minimum Gasteiger partial charge on any atom is -0.399 e. The van der Waals surface area contributed by atoms with Gasteiger partial charge in [0.1, 0.15) is 18.9 Å². The maximum absolute atomic E-state index is 6.24. The highest BCUT2D eigenvalue weighted by molar-refractivity contribution is 6.74. The summed E-state index contributed by atoms with van der Waals surface area (Å²) < 4.78 is 8.13. The molecule has 0 aliphatic carbocycles.